The lowest BCUT2D eigenvalue weighted by molar-refractivity contribution is 0.0787. The molecule has 1 aliphatic rings. The minimum absolute atomic E-state index is 0.0531. The van der Waals surface area contributed by atoms with Crippen molar-refractivity contribution in [2.24, 2.45) is 5.92 Å². The third kappa shape index (κ3) is 3.01. The van der Waals surface area contributed by atoms with Crippen molar-refractivity contribution in [2.75, 3.05) is 18.4 Å². The van der Waals surface area contributed by atoms with E-state index in [1.807, 2.05) is 4.90 Å². The van der Waals surface area contributed by atoms with Crippen LogP contribution in [0.4, 0.5) is 0 Å². The van der Waals surface area contributed by atoms with Crippen LogP contribution in [0.5, 0.6) is 0 Å². The van der Waals surface area contributed by atoms with Crippen LogP contribution >= 0.6 is 39.1 Å². The number of amides is 1. The molecule has 1 aliphatic heterocycles. The van der Waals surface area contributed by atoms with Gasteiger partial charge in [-0.15, -0.1) is 0 Å². The molecule has 0 bridgehead atoms. The van der Waals surface area contributed by atoms with E-state index in [1.165, 1.54) is 0 Å². The lowest BCUT2D eigenvalue weighted by Crippen LogP contribution is -2.29. The average Bonchev–Trinajstić information content (AvgIpc) is 2.78. The number of rotatable bonds is 3. The zero-order chi connectivity index (χ0) is 13.1. The Balaban J connectivity index is 2.13. The molecule has 5 heteroatoms. The highest BCUT2D eigenvalue weighted by Gasteiger charge is 2.28. The molecule has 2 rings (SSSR count). The normalized spacial score (nSPS) is 19.3. The highest BCUT2D eigenvalue weighted by Crippen LogP contribution is 2.28. The minimum Gasteiger partial charge on any atom is -0.338 e. The van der Waals surface area contributed by atoms with E-state index >= 15 is 0 Å². The van der Waals surface area contributed by atoms with Gasteiger partial charge in [0, 0.05) is 18.4 Å². The van der Waals surface area contributed by atoms with Crippen LogP contribution in [0.1, 0.15) is 23.2 Å². The van der Waals surface area contributed by atoms with Crippen molar-refractivity contribution in [3.63, 3.8) is 0 Å². The van der Waals surface area contributed by atoms with E-state index in [4.69, 9.17) is 23.2 Å². The SMILES string of the molecule is O=C(c1c(Cl)cccc1Cl)N1CCC(CCBr)C1. The molecular formula is C13H14BrCl2NO. The van der Waals surface area contributed by atoms with Gasteiger partial charge in [-0.05, 0) is 30.9 Å². The van der Waals surface area contributed by atoms with E-state index < -0.39 is 0 Å². The maximum absolute atomic E-state index is 12.4. The molecule has 0 N–H and O–H groups in total. The van der Waals surface area contributed by atoms with Crippen LogP contribution in [0.25, 0.3) is 0 Å². The molecule has 1 unspecified atom stereocenters. The fraction of sp³-hybridized carbons (Fsp3) is 0.462. The summed E-state index contributed by atoms with van der Waals surface area (Å²) in [5.74, 6) is 0.525. The van der Waals surface area contributed by atoms with E-state index in [0.29, 0.717) is 21.5 Å². The Morgan fingerprint density at radius 2 is 2.06 bits per heavy atom. The predicted octanol–water partition coefficient (Wildman–Crippen LogP) is 4.24. The van der Waals surface area contributed by atoms with Crippen LogP contribution in [-0.4, -0.2) is 29.2 Å². The summed E-state index contributed by atoms with van der Waals surface area (Å²) < 4.78 is 0. The number of benzene rings is 1. The van der Waals surface area contributed by atoms with E-state index in [9.17, 15) is 4.79 Å². The number of nitrogens with zero attached hydrogens (tertiary/aromatic N) is 1. The third-order valence-electron chi connectivity index (χ3n) is 3.27. The number of halogens is 3. The van der Waals surface area contributed by atoms with Crippen LogP contribution in [0, 0.1) is 5.92 Å². The van der Waals surface area contributed by atoms with Crippen molar-refractivity contribution >= 4 is 45.0 Å². The number of likely N-dealkylation sites (tertiary alicyclic amines) is 1. The van der Waals surface area contributed by atoms with Gasteiger partial charge in [0.2, 0.25) is 0 Å². The molecule has 1 amide bonds. The first-order valence-electron chi connectivity index (χ1n) is 5.92. The fourth-order valence-electron chi connectivity index (χ4n) is 2.27. The van der Waals surface area contributed by atoms with Gasteiger partial charge >= 0.3 is 0 Å². The first-order valence-corrected chi connectivity index (χ1v) is 7.80. The third-order valence-corrected chi connectivity index (χ3v) is 4.35. The van der Waals surface area contributed by atoms with Crippen LogP contribution < -0.4 is 0 Å². The van der Waals surface area contributed by atoms with Gasteiger partial charge in [-0.2, -0.15) is 0 Å². The van der Waals surface area contributed by atoms with Crippen molar-refractivity contribution in [1.82, 2.24) is 4.90 Å². The fourth-order valence-corrected chi connectivity index (χ4v) is 3.47. The molecule has 0 saturated carbocycles. The first kappa shape index (κ1) is 14.2. The Labute approximate surface area is 125 Å². The smallest absolute Gasteiger partial charge is 0.256 e. The summed E-state index contributed by atoms with van der Waals surface area (Å²) in [6.45, 7) is 1.59. The molecule has 1 saturated heterocycles. The highest BCUT2D eigenvalue weighted by molar-refractivity contribution is 9.09. The second-order valence-corrected chi connectivity index (χ2v) is 6.09. The van der Waals surface area contributed by atoms with Gasteiger partial charge in [0.15, 0.2) is 0 Å². The Morgan fingerprint density at radius 1 is 1.39 bits per heavy atom. The molecule has 1 fully saturated rings. The van der Waals surface area contributed by atoms with Crippen LogP contribution in [0.3, 0.4) is 0 Å². The van der Waals surface area contributed by atoms with E-state index in [0.717, 1.165) is 31.3 Å². The Kier molecular flexibility index (Phi) is 4.93. The quantitative estimate of drug-likeness (QED) is 0.746. The maximum atomic E-state index is 12.4. The van der Waals surface area contributed by atoms with E-state index in [-0.39, 0.29) is 5.91 Å². The van der Waals surface area contributed by atoms with Crippen LogP contribution in [-0.2, 0) is 0 Å². The van der Waals surface area contributed by atoms with Gasteiger partial charge in [0.1, 0.15) is 0 Å². The summed E-state index contributed by atoms with van der Waals surface area (Å²) >= 11 is 15.6. The van der Waals surface area contributed by atoms with Gasteiger partial charge in [0.25, 0.3) is 5.91 Å². The monoisotopic (exact) mass is 349 g/mol. The molecule has 1 heterocycles. The number of carbonyl (C=O) groups is 1. The van der Waals surface area contributed by atoms with Crippen molar-refractivity contribution in [1.29, 1.82) is 0 Å². The molecule has 18 heavy (non-hydrogen) atoms. The van der Waals surface area contributed by atoms with E-state index in [2.05, 4.69) is 15.9 Å². The molecule has 98 valence electrons. The number of hydrogen-bond donors (Lipinski definition) is 0. The molecule has 0 radical (unpaired) electrons. The highest BCUT2D eigenvalue weighted by atomic mass is 79.9. The summed E-state index contributed by atoms with van der Waals surface area (Å²) in [6, 6.07) is 5.15. The van der Waals surface area contributed by atoms with Gasteiger partial charge in [0.05, 0.1) is 15.6 Å². The molecule has 0 aromatic heterocycles. The topological polar surface area (TPSA) is 20.3 Å². The lowest BCUT2D eigenvalue weighted by Gasteiger charge is -2.18. The number of carbonyl (C=O) groups excluding carboxylic acids is 1. The average molecular weight is 351 g/mol. The molecule has 1 aromatic carbocycles. The van der Waals surface area contributed by atoms with Crippen LogP contribution in [0.2, 0.25) is 10.0 Å². The Hall–Kier alpha value is -0.250. The zero-order valence-electron chi connectivity index (χ0n) is 9.83. The van der Waals surface area contributed by atoms with Gasteiger partial charge < -0.3 is 4.90 Å². The molecular weight excluding hydrogens is 337 g/mol. The summed E-state index contributed by atoms with van der Waals surface area (Å²) in [4.78, 5) is 14.2. The summed E-state index contributed by atoms with van der Waals surface area (Å²) in [6.07, 6.45) is 2.15. The van der Waals surface area contributed by atoms with Crippen molar-refractivity contribution in [3.05, 3.63) is 33.8 Å². The molecule has 1 atom stereocenters. The summed E-state index contributed by atoms with van der Waals surface area (Å²) in [5.41, 5.74) is 0.431. The van der Waals surface area contributed by atoms with Crippen molar-refractivity contribution in [2.45, 2.75) is 12.8 Å². The van der Waals surface area contributed by atoms with Crippen LogP contribution in [0.15, 0.2) is 18.2 Å². The first-order chi connectivity index (χ1) is 8.63. The number of hydrogen-bond acceptors (Lipinski definition) is 1. The zero-order valence-corrected chi connectivity index (χ0v) is 12.9. The Bertz CT molecular complexity index is 432. The standard InChI is InChI=1S/C13H14BrCl2NO/c14-6-4-9-5-7-17(8-9)13(18)12-10(15)2-1-3-11(12)16/h1-3,9H,4-8H2. The second kappa shape index (κ2) is 6.27. The molecule has 2 nitrogen and oxygen atoms in total. The molecule has 1 aromatic rings. The molecule has 0 spiro atoms. The lowest BCUT2D eigenvalue weighted by atomic mass is 10.1. The minimum atomic E-state index is -0.0531. The van der Waals surface area contributed by atoms with E-state index in [1.54, 1.807) is 18.2 Å². The summed E-state index contributed by atoms with van der Waals surface area (Å²) in [5, 5.41) is 1.83. The van der Waals surface area contributed by atoms with Gasteiger partial charge in [-0.3, -0.25) is 4.79 Å². The number of alkyl halides is 1. The Morgan fingerprint density at radius 3 is 2.67 bits per heavy atom. The molecule has 0 aliphatic carbocycles. The predicted molar refractivity (Wildman–Crippen MR) is 78.9 cm³/mol. The largest absolute Gasteiger partial charge is 0.338 e. The van der Waals surface area contributed by atoms with Crippen molar-refractivity contribution in [3.8, 4) is 0 Å². The van der Waals surface area contributed by atoms with Crippen molar-refractivity contribution < 1.29 is 4.79 Å². The summed E-state index contributed by atoms with van der Waals surface area (Å²) in [7, 11) is 0. The maximum Gasteiger partial charge on any atom is 0.256 e. The van der Waals surface area contributed by atoms with Gasteiger partial charge in [-0.1, -0.05) is 45.2 Å². The van der Waals surface area contributed by atoms with Gasteiger partial charge in [-0.25, -0.2) is 0 Å². The second-order valence-electron chi connectivity index (χ2n) is 4.48.